The van der Waals surface area contributed by atoms with Crippen LogP contribution >= 0.6 is 11.6 Å². The molecule has 0 aliphatic heterocycles. The van der Waals surface area contributed by atoms with Crippen molar-refractivity contribution in [3.63, 3.8) is 0 Å². The Bertz CT molecular complexity index is 348. The summed E-state index contributed by atoms with van der Waals surface area (Å²) in [5.41, 5.74) is -0.0543. The Morgan fingerprint density at radius 1 is 1.41 bits per heavy atom. The van der Waals surface area contributed by atoms with Crippen LogP contribution in [0.1, 0.15) is 33.6 Å². The lowest BCUT2D eigenvalue weighted by Gasteiger charge is -2.29. The number of alkyl halides is 1. The number of aromatic nitrogens is 2. The van der Waals surface area contributed by atoms with Gasteiger partial charge in [0.05, 0.1) is 19.0 Å². The zero-order valence-corrected chi connectivity index (χ0v) is 11.4. The molecule has 1 aromatic rings. The van der Waals surface area contributed by atoms with E-state index in [0.717, 1.165) is 18.7 Å². The predicted octanol–water partition coefficient (Wildman–Crippen LogP) is 3.08. The van der Waals surface area contributed by atoms with Gasteiger partial charge in [0, 0.05) is 11.4 Å². The summed E-state index contributed by atoms with van der Waals surface area (Å²) in [6.07, 6.45) is 5.16. The highest BCUT2D eigenvalue weighted by Gasteiger charge is 2.21. The Morgan fingerprint density at radius 2 is 2.18 bits per heavy atom. The topological polar surface area (TPSA) is 47.0 Å². The summed E-state index contributed by atoms with van der Waals surface area (Å²) in [5.74, 6) is 1.89. The predicted molar refractivity (Wildman–Crippen MR) is 70.9 cm³/mol. The van der Waals surface area contributed by atoms with E-state index in [2.05, 4.69) is 29.1 Å². The normalized spacial score (nSPS) is 14.1. The van der Waals surface area contributed by atoms with Crippen molar-refractivity contribution in [1.82, 2.24) is 9.97 Å². The molecule has 0 amide bonds. The summed E-state index contributed by atoms with van der Waals surface area (Å²) in [6.45, 7) is 6.76. The fourth-order valence-corrected chi connectivity index (χ4v) is 1.89. The smallest absolute Gasteiger partial charge is 0.234 e. The first kappa shape index (κ1) is 14.0. The third-order valence-corrected chi connectivity index (χ3v) is 2.95. The molecule has 0 spiro atoms. The summed E-state index contributed by atoms with van der Waals surface area (Å²) < 4.78 is 5.31. The standard InChI is InChI=1S/C12H20ClN3O/c1-4-12(3,6-7-13)16-10-8-14-9-11(15-10)17-5-2/h8-9H,4-7H2,1-3H3,(H,15,16). The second-order valence-corrected chi connectivity index (χ2v) is 4.53. The maximum Gasteiger partial charge on any atom is 0.234 e. The minimum Gasteiger partial charge on any atom is -0.477 e. The molecule has 96 valence electrons. The van der Waals surface area contributed by atoms with Crippen LogP contribution in [-0.2, 0) is 0 Å². The van der Waals surface area contributed by atoms with E-state index in [1.165, 1.54) is 0 Å². The van der Waals surface area contributed by atoms with E-state index in [4.69, 9.17) is 16.3 Å². The fourth-order valence-electron chi connectivity index (χ4n) is 1.47. The average Bonchev–Trinajstić information content (AvgIpc) is 2.30. The lowest BCUT2D eigenvalue weighted by atomic mass is 9.95. The molecule has 1 unspecified atom stereocenters. The molecule has 5 heteroatoms. The Kier molecular flexibility index (Phi) is 5.48. The fraction of sp³-hybridized carbons (Fsp3) is 0.667. The van der Waals surface area contributed by atoms with Crippen molar-refractivity contribution in [2.75, 3.05) is 17.8 Å². The molecule has 0 aliphatic rings. The van der Waals surface area contributed by atoms with Crippen LogP contribution in [0.2, 0.25) is 0 Å². The van der Waals surface area contributed by atoms with Gasteiger partial charge in [0.1, 0.15) is 5.82 Å². The summed E-state index contributed by atoms with van der Waals surface area (Å²) >= 11 is 5.81. The van der Waals surface area contributed by atoms with Gasteiger partial charge in [0.15, 0.2) is 0 Å². The summed E-state index contributed by atoms with van der Waals surface area (Å²) in [7, 11) is 0. The summed E-state index contributed by atoms with van der Waals surface area (Å²) in [5, 5.41) is 3.37. The summed E-state index contributed by atoms with van der Waals surface area (Å²) in [4.78, 5) is 8.44. The van der Waals surface area contributed by atoms with Crippen LogP contribution < -0.4 is 10.1 Å². The van der Waals surface area contributed by atoms with E-state index in [9.17, 15) is 0 Å². The number of hydrogen-bond acceptors (Lipinski definition) is 4. The largest absolute Gasteiger partial charge is 0.477 e. The number of halogens is 1. The molecule has 0 radical (unpaired) electrons. The zero-order valence-electron chi connectivity index (χ0n) is 10.7. The number of hydrogen-bond donors (Lipinski definition) is 1. The SMILES string of the molecule is CCOc1cncc(NC(C)(CC)CCCl)n1. The molecule has 0 aromatic carbocycles. The van der Waals surface area contributed by atoms with E-state index >= 15 is 0 Å². The maximum atomic E-state index is 5.81. The van der Waals surface area contributed by atoms with Crippen molar-refractivity contribution in [2.45, 2.75) is 39.2 Å². The molecule has 1 atom stereocenters. The molecule has 1 N–H and O–H groups in total. The molecular weight excluding hydrogens is 238 g/mol. The highest BCUT2D eigenvalue weighted by Crippen LogP contribution is 2.21. The molecular formula is C12H20ClN3O. The van der Waals surface area contributed by atoms with Gasteiger partial charge in [-0.2, -0.15) is 4.98 Å². The first-order valence-corrected chi connectivity index (χ1v) is 6.46. The molecule has 1 heterocycles. The third kappa shape index (κ3) is 4.38. The van der Waals surface area contributed by atoms with Crippen molar-refractivity contribution < 1.29 is 4.74 Å². The van der Waals surface area contributed by atoms with Crippen molar-refractivity contribution in [1.29, 1.82) is 0 Å². The van der Waals surface area contributed by atoms with Crippen LogP contribution in [0.25, 0.3) is 0 Å². The Morgan fingerprint density at radius 3 is 2.76 bits per heavy atom. The molecule has 17 heavy (non-hydrogen) atoms. The molecule has 1 aromatic heterocycles. The van der Waals surface area contributed by atoms with E-state index in [1.54, 1.807) is 12.4 Å². The van der Waals surface area contributed by atoms with Gasteiger partial charge in [0.2, 0.25) is 5.88 Å². The van der Waals surface area contributed by atoms with Crippen LogP contribution in [0.3, 0.4) is 0 Å². The van der Waals surface area contributed by atoms with Gasteiger partial charge in [-0.3, -0.25) is 4.98 Å². The van der Waals surface area contributed by atoms with E-state index in [1.807, 2.05) is 6.92 Å². The van der Waals surface area contributed by atoms with Gasteiger partial charge in [0.25, 0.3) is 0 Å². The number of nitrogens with zero attached hydrogens (tertiary/aromatic N) is 2. The van der Waals surface area contributed by atoms with Crippen molar-refractivity contribution >= 4 is 17.4 Å². The minimum atomic E-state index is -0.0543. The molecule has 4 nitrogen and oxygen atoms in total. The second kappa shape index (κ2) is 6.64. The maximum absolute atomic E-state index is 5.81. The average molecular weight is 258 g/mol. The minimum absolute atomic E-state index is 0.0543. The van der Waals surface area contributed by atoms with Gasteiger partial charge in [-0.1, -0.05) is 6.92 Å². The Balaban J connectivity index is 2.75. The molecule has 0 aliphatic carbocycles. The lowest BCUT2D eigenvalue weighted by Crippen LogP contribution is -2.34. The van der Waals surface area contributed by atoms with E-state index in [0.29, 0.717) is 18.4 Å². The van der Waals surface area contributed by atoms with Gasteiger partial charge in [-0.05, 0) is 26.7 Å². The molecule has 0 saturated heterocycles. The number of ether oxygens (including phenoxy) is 1. The monoisotopic (exact) mass is 257 g/mol. The third-order valence-electron chi connectivity index (χ3n) is 2.76. The van der Waals surface area contributed by atoms with Gasteiger partial charge in [-0.25, -0.2) is 0 Å². The molecule has 0 saturated carbocycles. The van der Waals surface area contributed by atoms with Crippen molar-refractivity contribution in [3.8, 4) is 5.88 Å². The van der Waals surface area contributed by atoms with E-state index in [-0.39, 0.29) is 5.54 Å². The lowest BCUT2D eigenvalue weighted by molar-refractivity contribution is 0.325. The van der Waals surface area contributed by atoms with Gasteiger partial charge < -0.3 is 10.1 Å². The summed E-state index contributed by atoms with van der Waals surface area (Å²) in [6, 6.07) is 0. The quantitative estimate of drug-likeness (QED) is 0.763. The van der Waals surface area contributed by atoms with Crippen LogP contribution in [0.5, 0.6) is 5.88 Å². The first-order valence-electron chi connectivity index (χ1n) is 5.92. The highest BCUT2D eigenvalue weighted by molar-refractivity contribution is 6.17. The van der Waals surface area contributed by atoms with Crippen molar-refractivity contribution in [2.24, 2.45) is 0 Å². The van der Waals surface area contributed by atoms with Crippen LogP contribution in [0, 0.1) is 0 Å². The second-order valence-electron chi connectivity index (χ2n) is 4.15. The molecule has 1 rings (SSSR count). The number of anilines is 1. The van der Waals surface area contributed by atoms with Crippen molar-refractivity contribution in [3.05, 3.63) is 12.4 Å². The Hall–Kier alpha value is -1.03. The van der Waals surface area contributed by atoms with Gasteiger partial charge >= 0.3 is 0 Å². The van der Waals surface area contributed by atoms with Crippen LogP contribution in [-0.4, -0.2) is 28.0 Å². The first-order chi connectivity index (χ1) is 8.13. The Labute approximate surface area is 108 Å². The zero-order chi connectivity index (χ0) is 12.7. The number of rotatable bonds is 7. The molecule has 0 bridgehead atoms. The van der Waals surface area contributed by atoms with E-state index < -0.39 is 0 Å². The highest BCUT2D eigenvalue weighted by atomic mass is 35.5. The number of nitrogens with one attached hydrogen (secondary N) is 1. The van der Waals surface area contributed by atoms with Crippen LogP contribution in [0.15, 0.2) is 12.4 Å². The van der Waals surface area contributed by atoms with Gasteiger partial charge in [-0.15, -0.1) is 11.6 Å². The van der Waals surface area contributed by atoms with Crippen LogP contribution in [0.4, 0.5) is 5.82 Å². The molecule has 0 fully saturated rings.